The van der Waals surface area contributed by atoms with Crippen LogP contribution in [-0.2, 0) is 6.54 Å². The van der Waals surface area contributed by atoms with Crippen LogP contribution in [0.5, 0.6) is 5.75 Å². The Kier molecular flexibility index (Phi) is 3.49. The second-order valence-corrected chi connectivity index (χ2v) is 5.61. The molecule has 0 radical (unpaired) electrons. The van der Waals surface area contributed by atoms with E-state index in [9.17, 15) is 0 Å². The van der Waals surface area contributed by atoms with Crippen molar-refractivity contribution in [3.05, 3.63) is 65.2 Å². The molecule has 0 saturated heterocycles. The molecule has 1 heterocycles. The summed E-state index contributed by atoms with van der Waals surface area (Å²) in [6.45, 7) is 3.31. The van der Waals surface area contributed by atoms with E-state index in [4.69, 9.17) is 4.74 Å². The summed E-state index contributed by atoms with van der Waals surface area (Å²) in [5.74, 6) is 1.35. The summed E-state index contributed by atoms with van der Waals surface area (Å²) < 4.78 is 5.41. The minimum atomic E-state index is 0.403. The van der Waals surface area contributed by atoms with Gasteiger partial charge < -0.3 is 4.74 Å². The molecule has 2 heteroatoms. The summed E-state index contributed by atoms with van der Waals surface area (Å²) in [6.07, 6.45) is 0. The van der Waals surface area contributed by atoms with Crippen LogP contribution in [0.25, 0.3) is 0 Å². The summed E-state index contributed by atoms with van der Waals surface area (Å²) >= 11 is 0. The molecule has 3 rings (SSSR count). The Morgan fingerprint density at radius 1 is 1.10 bits per heavy atom. The van der Waals surface area contributed by atoms with Crippen molar-refractivity contribution in [3.63, 3.8) is 0 Å². The molecular weight excluding hydrogens is 246 g/mol. The van der Waals surface area contributed by atoms with Crippen LogP contribution in [-0.4, -0.2) is 25.1 Å². The molecule has 2 atom stereocenters. The van der Waals surface area contributed by atoms with Crippen LogP contribution in [0.15, 0.2) is 48.5 Å². The molecular formula is C18H21NO. The average molecular weight is 267 g/mol. The lowest BCUT2D eigenvalue weighted by Crippen LogP contribution is -2.39. The molecule has 0 spiro atoms. The molecule has 0 saturated carbocycles. The summed E-state index contributed by atoms with van der Waals surface area (Å²) in [5.41, 5.74) is 4.18. The molecule has 104 valence electrons. The number of nitrogens with zero attached hydrogens (tertiary/aromatic N) is 1. The monoisotopic (exact) mass is 267 g/mol. The molecule has 2 aromatic carbocycles. The van der Waals surface area contributed by atoms with Gasteiger partial charge in [0.1, 0.15) is 5.75 Å². The first kappa shape index (κ1) is 13.2. The van der Waals surface area contributed by atoms with Crippen LogP contribution < -0.4 is 4.74 Å². The zero-order chi connectivity index (χ0) is 14.1. The Balaban J connectivity index is 2.13. The van der Waals surface area contributed by atoms with E-state index in [0.29, 0.717) is 12.0 Å². The predicted octanol–water partition coefficient (Wildman–Crippen LogP) is 3.66. The van der Waals surface area contributed by atoms with Gasteiger partial charge in [-0.25, -0.2) is 0 Å². The molecule has 1 aliphatic heterocycles. The number of ether oxygens (including phenoxy) is 1. The van der Waals surface area contributed by atoms with Crippen molar-refractivity contribution < 1.29 is 4.74 Å². The summed E-state index contributed by atoms with van der Waals surface area (Å²) in [4.78, 5) is 2.42. The molecule has 0 unspecified atom stereocenters. The minimum absolute atomic E-state index is 0.403. The van der Waals surface area contributed by atoms with Crippen molar-refractivity contribution >= 4 is 0 Å². The number of likely N-dealkylation sites (N-methyl/N-ethyl adjacent to an activating group) is 1. The quantitative estimate of drug-likeness (QED) is 0.823. The third kappa shape index (κ3) is 2.20. The van der Waals surface area contributed by atoms with Crippen LogP contribution in [0.2, 0.25) is 0 Å². The first-order valence-electron chi connectivity index (χ1n) is 7.12. The third-order valence-electron chi connectivity index (χ3n) is 4.44. The molecule has 0 amide bonds. The number of hydrogen-bond donors (Lipinski definition) is 0. The molecule has 0 aromatic heterocycles. The van der Waals surface area contributed by atoms with Gasteiger partial charge >= 0.3 is 0 Å². The maximum Gasteiger partial charge on any atom is 0.119 e. The Labute approximate surface area is 121 Å². The van der Waals surface area contributed by atoms with E-state index in [1.807, 2.05) is 0 Å². The van der Waals surface area contributed by atoms with Gasteiger partial charge in [0.25, 0.3) is 0 Å². The Bertz CT molecular complexity index is 594. The summed E-state index contributed by atoms with van der Waals surface area (Å²) in [6, 6.07) is 17.7. The topological polar surface area (TPSA) is 12.5 Å². The lowest BCUT2D eigenvalue weighted by Gasteiger charge is -2.39. The Morgan fingerprint density at radius 2 is 1.85 bits per heavy atom. The highest BCUT2D eigenvalue weighted by atomic mass is 16.5. The molecule has 0 fully saturated rings. The number of hydrogen-bond acceptors (Lipinski definition) is 2. The molecule has 1 aliphatic rings. The van der Waals surface area contributed by atoms with E-state index in [0.717, 1.165) is 12.3 Å². The van der Waals surface area contributed by atoms with Crippen molar-refractivity contribution in [1.82, 2.24) is 4.90 Å². The van der Waals surface area contributed by atoms with E-state index in [1.165, 1.54) is 16.7 Å². The van der Waals surface area contributed by atoms with Crippen LogP contribution >= 0.6 is 0 Å². The van der Waals surface area contributed by atoms with E-state index in [1.54, 1.807) is 7.11 Å². The lowest BCUT2D eigenvalue weighted by atomic mass is 9.80. The van der Waals surface area contributed by atoms with Crippen LogP contribution in [0.4, 0.5) is 0 Å². The van der Waals surface area contributed by atoms with Crippen molar-refractivity contribution in [2.45, 2.75) is 25.4 Å². The fourth-order valence-corrected chi connectivity index (χ4v) is 3.18. The van der Waals surface area contributed by atoms with E-state index in [-0.39, 0.29) is 0 Å². The molecule has 0 bridgehead atoms. The number of rotatable bonds is 2. The number of methoxy groups -OCH3 is 1. The van der Waals surface area contributed by atoms with E-state index in [2.05, 4.69) is 67.4 Å². The predicted molar refractivity (Wildman–Crippen MR) is 82.2 cm³/mol. The van der Waals surface area contributed by atoms with Crippen molar-refractivity contribution in [3.8, 4) is 5.75 Å². The van der Waals surface area contributed by atoms with E-state index < -0.39 is 0 Å². The van der Waals surface area contributed by atoms with Gasteiger partial charge in [0, 0.05) is 18.5 Å². The normalized spacial score (nSPS) is 22.4. The van der Waals surface area contributed by atoms with Crippen LogP contribution in [0, 0.1) is 0 Å². The van der Waals surface area contributed by atoms with Gasteiger partial charge in [-0.1, -0.05) is 36.4 Å². The standard InChI is InChI=1S/C18H21NO/c1-13-18(14-7-5-4-6-8-14)17-11-16(20-3)10-9-15(17)12-19(13)2/h4-11,13,18H,12H2,1-3H3/t13-,18+/m0/s1. The molecule has 2 nitrogen and oxygen atoms in total. The average Bonchev–Trinajstić information content (AvgIpc) is 2.49. The zero-order valence-corrected chi connectivity index (χ0v) is 12.3. The lowest BCUT2D eigenvalue weighted by molar-refractivity contribution is 0.211. The van der Waals surface area contributed by atoms with Gasteiger partial charge in [-0.05, 0) is 42.8 Å². The first-order valence-corrected chi connectivity index (χ1v) is 7.12. The smallest absolute Gasteiger partial charge is 0.119 e. The number of fused-ring (bicyclic) bond motifs is 1. The molecule has 0 aliphatic carbocycles. The summed E-state index contributed by atoms with van der Waals surface area (Å²) in [5, 5.41) is 0. The van der Waals surface area contributed by atoms with Gasteiger partial charge in [-0.2, -0.15) is 0 Å². The van der Waals surface area contributed by atoms with Gasteiger partial charge in [0.15, 0.2) is 0 Å². The fourth-order valence-electron chi connectivity index (χ4n) is 3.18. The van der Waals surface area contributed by atoms with Gasteiger partial charge in [-0.3, -0.25) is 4.90 Å². The zero-order valence-electron chi connectivity index (χ0n) is 12.3. The Morgan fingerprint density at radius 3 is 2.55 bits per heavy atom. The highest BCUT2D eigenvalue weighted by molar-refractivity contribution is 5.45. The maximum atomic E-state index is 5.41. The van der Waals surface area contributed by atoms with Crippen LogP contribution in [0.1, 0.15) is 29.5 Å². The van der Waals surface area contributed by atoms with Crippen molar-refractivity contribution in [2.24, 2.45) is 0 Å². The van der Waals surface area contributed by atoms with Crippen LogP contribution in [0.3, 0.4) is 0 Å². The van der Waals surface area contributed by atoms with Crippen molar-refractivity contribution in [1.29, 1.82) is 0 Å². The Hall–Kier alpha value is -1.80. The van der Waals surface area contributed by atoms with Gasteiger partial charge in [0.05, 0.1) is 7.11 Å². The largest absolute Gasteiger partial charge is 0.497 e. The first-order chi connectivity index (χ1) is 9.70. The highest BCUT2D eigenvalue weighted by Crippen LogP contribution is 2.38. The SMILES string of the molecule is COc1ccc2c(c1)[C@@H](c1ccccc1)[C@H](C)N(C)C2. The second kappa shape index (κ2) is 5.29. The van der Waals surface area contributed by atoms with E-state index >= 15 is 0 Å². The van der Waals surface area contributed by atoms with Gasteiger partial charge in [-0.15, -0.1) is 0 Å². The fraction of sp³-hybridized carbons (Fsp3) is 0.333. The highest BCUT2D eigenvalue weighted by Gasteiger charge is 2.31. The maximum absolute atomic E-state index is 5.41. The molecule has 2 aromatic rings. The van der Waals surface area contributed by atoms with Gasteiger partial charge in [0.2, 0.25) is 0 Å². The molecule has 0 N–H and O–H groups in total. The number of benzene rings is 2. The van der Waals surface area contributed by atoms with Crippen molar-refractivity contribution in [2.75, 3.05) is 14.2 Å². The second-order valence-electron chi connectivity index (χ2n) is 5.61. The third-order valence-corrected chi connectivity index (χ3v) is 4.44. The summed E-state index contributed by atoms with van der Waals surface area (Å²) in [7, 11) is 3.94. The minimum Gasteiger partial charge on any atom is -0.497 e. The molecule has 20 heavy (non-hydrogen) atoms.